The zero-order chi connectivity index (χ0) is 20.1. The van der Waals surface area contributed by atoms with Crippen molar-refractivity contribution in [2.45, 2.75) is 52.5 Å². The number of aromatic nitrogens is 2. The lowest BCUT2D eigenvalue weighted by Crippen LogP contribution is -2.13. The molecule has 0 saturated heterocycles. The molecule has 3 aromatic rings. The molecule has 0 fully saturated rings. The van der Waals surface area contributed by atoms with Gasteiger partial charge in [-0.1, -0.05) is 61.9 Å². The summed E-state index contributed by atoms with van der Waals surface area (Å²) in [5.41, 5.74) is 3.25. The van der Waals surface area contributed by atoms with E-state index in [1.165, 1.54) is 49.0 Å². The molecule has 0 aliphatic rings. The highest BCUT2D eigenvalue weighted by Gasteiger charge is 2.14. The number of pyridine rings is 1. The summed E-state index contributed by atoms with van der Waals surface area (Å²) in [6.45, 7) is 5.29. The fourth-order valence-electron chi connectivity index (χ4n) is 3.40. The molecule has 1 aromatic carbocycles. The molecule has 0 spiro atoms. The molecule has 0 aliphatic heterocycles. The molecule has 0 radical (unpaired) electrons. The van der Waals surface area contributed by atoms with Crippen LogP contribution in [-0.4, -0.2) is 15.5 Å². The summed E-state index contributed by atoms with van der Waals surface area (Å²) in [6.07, 6.45) is 11.3. The van der Waals surface area contributed by atoms with E-state index in [4.69, 9.17) is 23.2 Å². The van der Waals surface area contributed by atoms with Crippen molar-refractivity contribution < 1.29 is 4.79 Å². The number of nitrogens with one attached hydrogen (secondary N) is 1. The van der Waals surface area contributed by atoms with Crippen LogP contribution in [0.15, 0.2) is 36.8 Å². The van der Waals surface area contributed by atoms with E-state index < -0.39 is 0 Å². The van der Waals surface area contributed by atoms with Gasteiger partial charge in [0, 0.05) is 41.6 Å². The van der Waals surface area contributed by atoms with Crippen molar-refractivity contribution in [2.24, 2.45) is 0 Å². The topological polar surface area (TPSA) is 46.9 Å². The first-order chi connectivity index (χ1) is 13.5. The molecular formula is C22H25Cl2N3O. The molecule has 148 valence electrons. The number of carbonyl (C=O) groups is 1. The molecule has 28 heavy (non-hydrogen) atoms. The van der Waals surface area contributed by atoms with Gasteiger partial charge < -0.3 is 9.88 Å². The molecule has 1 amide bonds. The molecule has 1 N–H and O–H groups in total. The smallest absolute Gasteiger partial charge is 0.255 e. The van der Waals surface area contributed by atoms with Crippen molar-refractivity contribution in [3.63, 3.8) is 0 Å². The first-order valence-corrected chi connectivity index (χ1v) is 10.5. The van der Waals surface area contributed by atoms with E-state index in [1.807, 2.05) is 18.2 Å². The molecule has 0 unspecified atom stereocenters. The van der Waals surface area contributed by atoms with E-state index in [0.717, 1.165) is 18.5 Å². The Bertz CT molecular complexity index is 961. The van der Waals surface area contributed by atoms with Gasteiger partial charge in [-0.25, -0.2) is 0 Å². The molecule has 2 heterocycles. The van der Waals surface area contributed by atoms with Crippen molar-refractivity contribution in [1.82, 2.24) is 9.55 Å². The van der Waals surface area contributed by atoms with Gasteiger partial charge in [-0.15, -0.1) is 0 Å². The molecular weight excluding hydrogens is 393 g/mol. The minimum Gasteiger partial charge on any atom is -0.347 e. The van der Waals surface area contributed by atoms with Crippen LogP contribution < -0.4 is 5.32 Å². The summed E-state index contributed by atoms with van der Waals surface area (Å²) in [7, 11) is 0. The van der Waals surface area contributed by atoms with Crippen LogP contribution >= 0.6 is 23.2 Å². The second-order valence-corrected chi connectivity index (χ2v) is 7.90. The second kappa shape index (κ2) is 9.44. The van der Waals surface area contributed by atoms with Crippen LogP contribution in [0, 0.1) is 6.92 Å². The van der Waals surface area contributed by atoms with Gasteiger partial charge in [0.1, 0.15) is 0 Å². The Hall–Kier alpha value is -2.04. The van der Waals surface area contributed by atoms with Gasteiger partial charge >= 0.3 is 0 Å². The van der Waals surface area contributed by atoms with Crippen LogP contribution in [0.5, 0.6) is 0 Å². The number of aryl methyl sites for hydroxylation is 2. The number of nitrogens with zero attached hydrogens (tertiary/aromatic N) is 2. The molecule has 6 heteroatoms. The van der Waals surface area contributed by atoms with Gasteiger partial charge in [-0.2, -0.15) is 0 Å². The lowest BCUT2D eigenvalue weighted by atomic mass is 10.1. The van der Waals surface area contributed by atoms with Crippen molar-refractivity contribution in [2.75, 3.05) is 5.32 Å². The van der Waals surface area contributed by atoms with Crippen LogP contribution in [0.25, 0.3) is 10.9 Å². The van der Waals surface area contributed by atoms with Gasteiger partial charge in [-0.05, 0) is 31.0 Å². The number of rotatable bonds is 8. The molecule has 2 aromatic heterocycles. The third kappa shape index (κ3) is 4.68. The monoisotopic (exact) mass is 417 g/mol. The fourth-order valence-corrected chi connectivity index (χ4v) is 3.86. The third-order valence-electron chi connectivity index (χ3n) is 4.94. The highest BCUT2D eigenvalue weighted by Crippen LogP contribution is 2.29. The van der Waals surface area contributed by atoms with Crippen molar-refractivity contribution in [3.8, 4) is 0 Å². The average molecular weight is 418 g/mol. The van der Waals surface area contributed by atoms with Crippen LogP contribution in [0.3, 0.4) is 0 Å². The Labute approximate surface area is 175 Å². The quantitative estimate of drug-likeness (QED) is 0.406. The van der Waals surface area contributed by atoms with Gasteiger partial charge in [-0.3, -0.25) is 9.78 Å². The first-order valence-electron chi connectivity index (χ1n) is 9.71. The Kier molecular flexibility index (Phi) is 6.97. The largest absolute Gasteiger partial charge is 0.347 e. The standard InChI is InChI=1S/C22H25Cl2N3O/c1-3-4-5-6-7-10-27-14-15(2)17-9-8-16(11-20(17)27)22(28)26-21-18(23)12-25-13-19(21)24/h8-9,11-14H,3-7,10H2,1-2H3,(H,25,26,28). The Balaban J connectivity index is 1.80. The minimum atomic E-state index is -0.245. The number of amides is 1. The average Bonchev–Trinajstić information content (AvgIpc) is 3.00. The van der Waals surface area contributed by atoms with Gasteiger partial charge in [0.25, 0.3) is 5.91 Å². The maximum atomic E-state index is 12.8. The molecule has 0 aliphatic carbocycles. The Morgan fingerprint density at radius 1 is 1.11 bits per heavy atom. The van der Waals surface area contributed by atoms with E-state index in [-0.39, 0.29) is 5.91 Å². The number of hydrogen-bond acceptors (Lipinski definition) is 2. The number of halogens is 2. The van der Waals surface area contributed by atoms with Crippen LogP contribution in [0.2, 0.25) is 10.0 Å². The number of fused-ring (bicyclic) bond motifs is 1. The lowest BCUT2D eigenvalue weighted by Gasteiger charge is -2.10. The number of anilines is 1. The number of unbranched alkanes of at least 4 members (excludes halogenated alkanes) is 4. The van der Waals surface area contributed by atoms with Crippen LogP contribution in [0.1, 0.15) is 54.9 Å². The van der Waals surface area contributed by atoms with Gasteiger partial charge in [0.15, 0.2) is 0 Å². The van der Waals surface area contributed by atoms with E-state index in [9.17, 15) is 4.79 Å². The van der Waals surface area contributed by atoms with E-state index in [0.29, 0.717) is 21.3 Å². The van der Waals surface area contributed by atoms with E-state index >= 15 is 0 Å². The maximum Gasteiger partial charge on any atom is 0.255 e. The zero-order valence-electron chi connectivity index (χ0n) is 16.3. The number of benzene rings is 1. The minimum absolute atomic E-state index is 0.245. The third-order valence-corrected chi connectivity index (χ3v) is 5.51. The summed E-state index contributed by atoms with van der Waals surface area (Å²) in [6, 6.07) is 5.77. The molecule has 3 rings (SSSR count). The van der Waals surface area contributed by atoms with Crippen molar-refractivity contribution >= 4 is 45.7 Å². The highest BCUT2D eigenvalue weighted by atomic mass is 35.5. The molecule has 4 nitrogen and oxygen atoms in total. The fraction of sp³-hybridized carbons (Fsp3) is 0.364. The van der Waals surface area contributed by atoms with Crippen LogP contribution in [-0.2, 0) is 6.54 Å². The summed E-state index contributed by atoms with van der Waals surface area (Å²) < 4.78 is 2.25. The number of carbonyl (C=O) groups excluding carboxylic acids is 1. The highest BCUT2D eigenvalue weighted by molar-refractivity contribution is 6.39. The lowest BCUT2D eigenvalue weighted by molar-refractivity contribution is 0.102. The Morgan fingerprint density at radius 3 is 2.54 bits per heavy atom. The zero-order valence-corrected chi connectivity index (χ0v) is 17.8. The summed E-state index contributed by atoms with van der Waals surface area (Å²) in [5.74, 6) is -0.245. The van der Waals surface area contributed by atoms with E-state index in [2.05, 4.69) is 34.9 Å². The summed E-state index contributed by atoms with van der Waals surface area (Å²) >= 11 is 12.2. The summed E-state index contributed by atoms with van der Waals surface area (Å²) in [4.78, 5) is 16.7. The molecule has 0 atom stereocenters. The predicted octanol–water partition coefficient (Wildman–Crippen LogP) is 6.87. The van der Waals surface area contributed by atoms with Crippen molar-refractivity contribution in [1.29, 1.82) is 0 Å². The van der Waals surface area contributed by atoms with Crippen LogP contribution in [0.4, 0.5) is 5.69 Å². The van der Waals surface area contributed by atoms with Gasteiger partial charge in [0.05, 0.1) is 15.7 Å². The molecule has 0 bridgehead atoms. The summed E-state index contributed by atoms with van der Waals surface area (Å²) in [5, 5.41) is 4.60. The van der Waals surface area contributed by atoms with Crippen molar-refractivity contribution in [3.05, 3.63) is 58.0 Å². The SMILES string of the molecule is CCCCCCCn1cc(C)c2ccc(C(=O)Nc3c(Cl)cncc3Cl)cc21. The predicted molar refractivity (Wildman–Crippen MR) is 118 cm³/mol. The maximum absolute atomic E-state index is 12.8. The molecule has 0 saturated carbocycles. The first kappa shape index (κ1) is 20.7. The normalized spacial score (nSPS) is 11.1. The second-order valence-electron chi connectivity index (χ2n) is 7.08. The van der Waals surface area contributed by atoms with E-state index in [1.54, 1.807) is 0 Å². The number of hydrogen-bond donors (Lipinski definition) is 1. The Morgan fingerprint density at radius 2 is 1.82 bits per heavy atom. The van der Waals surface area contributed by atoms with Gasteiger partial charge in [0.2, 0.25) is 0 Å².